The van der Waals surface area contributed by atoms with Crippen molar-refractivity contribution in [1.82, 2.24) is 0 Å². The van der Waals surface area contributed by atoms with E-state index in [2.05, 4.69) is 29.2 Å². The monoisotopic (exact) mass is 407 g/mol. The van der Waals surface area contributed by atoms with Gasteiger partial charge >= 0.3 is 0 Å². The van der Waals surface area contributed by atoms with Gasteiger partial charge in [-0.2, -0.15) is 0 Å². The van der Waals surface area contributed by atoms with Crippen LogP contribution in [0.1, 0.15) is 36.4 Å². The lowest BCUT2D eigenvalue weighted by Crippen LogP contribution is -2.34. The van der Waals surface area contributed by atoms with Gasteiger partial charge in [0, 0.05) is 19.1 Å². The molecule has 1 aliphatic heterocycles. The van der Waals surface area contributed by atoms with Gasteiger partial charge in [0.05, 0.1) is 21.5 Å². The first-order chi connectivity index (χ1) is 12.6. The summed E-state index contributed by atoms with van der Waals surface area (Å²) in [7, 11) is -7.07. The molecule has 5 nitrogen and oxygen atoms in total. The van der Waals surface area contributed by atoms with E-state index < -0.39 is 19.7 Å². The lowest BCUT2D eigenvalue weighted by molar-refractivity contribution is 0.470. The molecule has 0 bridgehead atoms. The predicted octanol–water partition coefficient (Wildman–Crippen LogP) is 3.53. The first-order valence-electron chi connectivity index (χ1n) is 8.95. The minimum absolute atomic E-state index is 0.0237. The van der Waals surface area contributed by atoms with E-state index in [9.17, 15) is 16.8 Å². The van der Waals surface area contributed by atoms with Gasteiger partial charge in [-0.1, -0.05) is 29.8 Å². The van der Waals surface area contributed by atoms with Crippen LogP contribution < -0.4 is 4.90 Å². The second-order valence-corrected chi connectivity index (χ2v) is 11.3. The van der Waals surface area contributed by atoms with E-state index in [1.54, 1.807) is 6.07 Å². The Morgan fingerprint density at radius 2 is 1.56 bits per heavy atom. The number of anilines is 1. The highest BCUT2D eigenvalue weighted by molar-refractivity contribution is 7.91. The van der Waals surface area contributed by atoms with Crippen LogP contribution in [0.2, 0.25) is 0 Å². The van der Waals surface area contributed by atoms with Gasteiger partial charge in [0.1, 0.15) is 0 Å². The number of benzene rings is 2. The van der Waals surface area contributed by atoms with E-state index in [0.29, 0.717) is 5.69 Å². The van der Waals surface area contributed by atoms with Crippen LogP contribution in [0.25, 0.3) is 0 Å². The van der Waals surface area contributed by atoms with Crippen LogP contribution in [-0.2, 0) is 19.7 Å². The molecular formula is C20H25NO4S2. The summed E-state index contributed by atoms with van der Waals surface area (Å²) in [6.07, 6.45) is 5.19. The number of aryl methyl sites for hydroxylation is 1. The van der Waals surface area contributed by atoms with Crippen molar-refractivity contribution in [3.8, 4) is 0 Å². The molecule has 1 fully saturated rings. The fourth-order valence-electron chi connectivity index (χ4n) is 3.61. The summed E-state index contributed by atoms with van der Waals surface area (Å²) in [5.41, 5.74) is 2.90. The summed E-state index contributed by atoms with van der Waals surface area (Å²) in [5.74, 6) is 0. The first-order valence-corrected chi connectivity index (χ1v) is 12.7. The molecule has 0 N–H and O–H groups in total. The van der Waals surface area contributed by atoms with Crippen molar-refractivity contribution in [2.75, 3.05) is 24.0 Å². The van der Waals surface area contributed by atoms with Crippen LogP contribution in [0.5, 0.6) is 0 Å². The zero-order chi connectivity index (χ0) is 19.8. The molecule has 1 aliphatic rings. The molecule has 2 aromatic carbocycles. The number of piperidine rings is 1. The molecule has 146 valence electrons. The minimum atomic E-state index is -3.58. The SMILES string of the molecule is Cc1ccc(C2CCCCN2c2ccc(S(C)(=O)=O)cc2S(C)(=O)=O)cc1. The maximum Gasteiger partial charge on any atom is 0.177 e. The average Bonchev–Trinajstić information content (AvgIpc) is 2.60. The zero-order valence-corrected chi connectivity index (χ0v) is 17.5. The maximum atomic E-state index is 12.4. The van der Waals surface area contributed by atoms with E-state index >= 15 is 0 Å². The number of nitrogens with zero attached hydrogens (tertiary/aromatic N) is 1. The fraction of sp³-hybridized carbons (Fsp3) is 0.400. The molecule has 0 radical (unpaired) electrons. The Labute approximate surface area is 161 Å². The van der Waals surface area contributed by atoms with Crippen LogP contribution in [-0.4, -0.2) is 35.9 Å². The summed E-state index contributed by atoms with van der Waals surface area (Å²) >= 11 is 0. The minimum Gasteiger partial charge on any atom is -0.363 e. The molecule has 0 amide bonds. The maximum absolute atomic E-state index is 12.4. The summed E-state index contributed by atoms with van der Waals surface area (Å²) in [4.78, 5) is 2.20. The molecular weight excluding hydrogens is 382 g/mol. The summed E-state index contributed by atoms with van der Waals surface area (Å²) in [6.45, 7) is 2.77. The molecule has 1 unspecified atom stereocenters. The Balaban J connectivity index is 2.13. The van der Waals surface area contributed by atoms with E-state index in [1.807, 2.05) is 6.92 Å². The highest BCUT2D eigenvalue weighted by atomic mass is 32.2. The third-order valence-corrected chi connectivity index (χ3v) is 7.27. The average molecular weight is 408 g/mol. The van der Waals surface area contributed by atoms with Gasteiger partial charge in [-0.15, -0.1) is 0 Å². The number of hydrogen-bond donors (Lipinski definition) is 0. The Bertz CT molecular complexity index is 1040. The summed E-state index contributed by atoms with van der Waals surface area (Å²) in [6, 6.07) is 12.8. The molecule has 0 spiro atoms. The molecule has 3 rings (SSSR count). The van der Waals surface area contributed by atoms with Gasteiger partial charge in [0.25, 0.3) is 0 Å². The Morgan fingerprint density at radius 3 is 2.15 bits per heavy atom. The molecule has 0 aliphatic carbocycles. The second-order valence-electron chi connectivity index (χ2n) is 7.29. The molecule has 7 heteroatoms. The molecule has 2 aromatic rings. The number of hydrogen-bond acceptors (Lipinski definition) is 5. The van der Waals surface area contributed by atoms with Gasteiger partial charge in [0.15, 0.2) is 19.7 Å². The number of rotatable bonds is 4. The van der Waals surface area contributed by atoms with E-state index in [-0.39, 0.29) is 15.8 Å². The molecule has 0 saturated carbocycles. The Morgan fingerprint density at radius 1 is 0.889 bits per heavy atom. The van der Waals surface area contributed by atoms with Crippen molar-refractivity contribution >= 4 is 25.4 Å². The van der Waals surface area contributed by atoms with E-state index in [1.165, 1.54) is 17.7 Å². The zero-order valence-electron chi connectivity index (χ0n) is 15.8. The van der Waals surface area contributed by atoms with Crippen molar-refractivity contribution in [3.05, 3.63) is 53.6 Å². The van der Waals surface area contributed by atoms with Crippen LogP contribution in [0.15, 0.2) is 52.3 Å². The highest BCUT2D eigenvalue weighted by Gasteiger charge is 2.29. The highest BCUT2D eigenvalue weighted by Crippen LogP contribution is 2.39. The third-order valence-electron chi connectivity index (χ3n) is 5.03. The van der Waals surface area contributed by atoms with Crippen molar-refractivity contribution in [1.29, 1.82) is 0 Å². The second kappa shape index (κ2) is 7.28. The predicted molar refractivity (Wildman–Crippen MR) is 108 cm³/mol. The third kappa shape index (κ3) is 4.35. The Kier molecular flexibility index (Phi) is 5.36. The van der Waals surface area contributed by atoms with Crippen molar-refractivity contribution in [2.45, 2.75) is 42.0 Å². The Hall–Kier alpha value is -1.86. The van der Waals surface area contributed by atoms with Crippen molar-refractivity contribution < 1.29 is 16.8 Å². The normalized spacial score (nSPS) is 18.5. The number of sulfone groups is 2. The fourth-order valence-corrected chi connectivity index (χ4v) is 5.24. The van der Waals surface area contributed by atoms with Crippen LogP contribution in [0.4, 0.5) is 5.69 Å². The van der Waals surface area contributed by atoms with Crippen molar-refractivity contribution in [2.24, 2.45) is 0 Å². The largest absolute Gasteiger partial charge is 0.363 e. The molecule has 1 heterocycles. The van der Waals surface area contributed by atoms with Gasteiger partial charge in [-0.3, -0.25) is 0 Å². The smallest absolute Gasteiger partial charge is 0.177 e. The summed E-state index contributed by atoms with van der Waals surface area (Å²) < 4.78 is 48.7. The van der Waals surface area contributed by atoms with Gasteiger partial charge in [-0.25, -0.2) is 16.8 Å². The van der Waals surface area contributed by atoms with Crippen LogP contribution in [0.3, 0.4) is 0 Å². The summed E-state index contributed by atoms with van der Waals surface area (Å²) in [5, 5.41) is 0. The lowest BCUT2D eigenvalue weighted by atomic mass is 9.94. The lowest BCUT2D eigenvalue weighted by Gasteiger charge is -2.39. The van der Waals surface area contributed by atoms with Crippen molar-refractivity contribution in [3.63, 3.8) is 0 Å². The van der Waals surface area contributed by atoms with Gasteiger partial charge < -0.3 is 4.90 Å². The van der Waals surface area contributed by atoms with Gasteiger partial charge in [-0.05, 0) is 49.9 Å². The van der Waals surface area contributed by atoms with E-state index in [4.69, 9.17) is 0 Å². The molecule has 0 aromatic heterocycles. The van der Waals surface area contributed by atoms with E-state index in [0.717, 1.165) is 43.9 Å². The first kappa shape index (κ1) is 19.9. The van der Waals surface area contributed by atoms with Crippen LogP contribution in [0, 0.1) is 6.92 Å². The molecule has 1 atom stereocenters. The van der Waals surface area contributed by atoms with Gasteiger partial charge in [0.2, 0.25) is 0 Å². The standard InChI is InChI=1S/C20H25NO4S2/c1-15-7-9-16(10-8-15)18-6-4-5-13-21(18)19-12-11-17(26(2,22)23)14-20(19)27(3,24)25/h7-12,14,18H,4-6,13H2,1-3H3. The quantitative estimate of drug-likeness (QED) is 0.775. The molecule has 27 heavy (non-hydrogen) atoms. The molecule has 1 saturated heterocycles. The van der Waals surface area contributed by atoms with Crippen LogP contribution >= 0.6 is 0 Å². The topological polar surface area (TPSA) is 71.5 Å².